The number of H-pyrrole nitrogens is 1. The number of aromatic amines is 1. The third kappa shape index (κ3) is 3.66. The lowest BCUT2D eigenvalue weighted by Gasteiger charge is -2.09. The van der Waals surface area contributed by atoms with Crippen molar-refractivity contribution in [2.75, 3.05) is 0 Å². The van der Waals surface area contributed by atoms with Gasteiger partial charge in [0.15, 0.2) is 5.82 Å². The van der Waals surface area contributed by atoms with Gasteiger partial charge in [-0.2, -0.15) is 10.4 Å². The molecule has 0 spiro atoms. The van der Waals surface area contributed by atoms with Crippen molar-refractivity contribution in [1.29, 1.82) is 5.26 Å². The molecule has 4 aromatic rings. The van der Waals surface area contributed by atoms with Crippen molar-refractivity contribution < 1.29 is 0 Å². The third-order valence-electron chi connectivity index (χ3n) is 5.77. The van der Waals surface area contributed by atoms with E-state index in [4.69, 9.17) is 11.6 Å². The van der Waals surface area contributed by atoms with E-state index < -0.39 is 0 Å². The first-order valence-corrected chi connectivity index (χ1v) is 11.7. The molecule has 0 atom stereocenters. The Bertz CT molecular complexity index is 1460. The van der Waals surface area contributed by atoms with Gasteiger partial charge in [0.25, 0.3) is 5.56 Å². The molecule has 0 amide bonds. The number of thiophene rings is 1. The van der Waals surface area contributed by atoms with Gasteiger partial charge in [0.05, 0.1) is 23.2 Å². The number of rotatable bonds is 4. The van der Waals surface area contributed by atoms with Crippen LogP contribution in [0.5, 0.6) is 0 Å². The second-order valence-electron chi connectivity index (χ2n) is 7.91. The fraction of sp³-hybridized carbons (Fsp3) is 0.250. The predicted octanol–water partition coefficient (Wildman–Crippen LogP) is 5.13. The standard InChI is InChI=1S/C24H20ClN5OS/c1-14-18(21(25)30(29-14)13-15-7-3-2-4-8-15)11-16(12-26)22-27-23(31)20-17-9-5-6-10-19(17)32-24(20)28-22/h2-4,7-8,11H,5-6,9-10,13H2,1H3,(H,27,28,31)/b16-11+. The van der Waals surface area contributed by atoms with Gasteiger partial charge in [0.2, 0.25) is 0 Å². The van der Waals surface area contributed by atoms with Gasteiger partial charge >= 0.3 is 0 Å². The summed E-state index contributed by atoms with van der Waals surface area (Å²) in [4.78, 5) is 22.3. The molecule has 0 aliphatic heterocycles. The molecule has 1 aliphatic rings. The van der Waals surface area contributed by atoms with Crippen molar-refractivity contribution in [1.82, 2.24) is 19.7 Å². The molecule has 32 heavy (non-hydrogen) atoms. The summed E-state index contributed by atoms with van der Waals surface area (Å²) in [6, 6.07) is 12.1. The number of allylic oxidation sites excluding steroid dienone is 1. The maximum atomic E-state index is 12.9. The molecule has 0 saturated carbocycles. The fourth-order valence-corrected chi connectivity index (χ4v) is 5.73. The monoisotopic (exact) mass is 461 g/mol. The molecule has 0 bridgehead atoms. The van der Waals surface area contributed by atoms with E-state index >= 15 is 0 Å². The molecule has 6 nitrogen and oxygen atoms in total. The van der Waals surface area contributed by atoms with Crippen LogP contribution in [0.2, 0.25) is 5.15 Å². The van der Waals surface area contributed by atoms with E-state index in [1.165, 1.54) is 4.88 Å². The summed E-state index contributed by atoms with van der Waals surface area (Å²) >= 11 is 8.18. The van der Waals surface area contributed by atoms with Gasteiger partial charge < -0.3 is 4.98 Å². The van der Waals surface area contributed by atoms with Crippen LogP contribution in [0.4, 0.5) is 0 Å². The summed E-state index contributed by atoms with van der Waals surface area (Å²) in [5, 5.41) is 15.5. The number of aromatic nitrogens is 4. The van der Waals surface area contributed by atoms with E-state index in [0.717, 1.165) is 36.8 Å². The molecule has 0 unspecified atom stereocenters. The molecule has 0 radical (unpaired) electrons. The number of nitrogens with one attached hydrogen (secondary N) is 1. The largest absolute Gasteiger partial charge is 0.305 e. The van der Waals surface area contributed by atoms with Gasteiger partial charge in [-0.05, 0) is 49.8 Å². The van der Waals surface area contributed by atoms with Crippen LogP contribution in [0.25, 0.3) is 21.9 Å². The lowest BCUT2D eigenvalue weighted by atomic mass is 9.97. The van der Waals surface area contributed by atoms with Crippen LogP contribution in [0.15, 0.2) is 35.1 Å². The topological polar surface area (TPSA) is 87.4 Å². The Morgan fingerprint density at radius 2 is 2.09 bits per heavy atom. The highest BCUT2D eigenvalue weighted by atomic mass is 35.5. The summed E-state index contributed by atoms with van der Waals surface area (Å²) in [6.07, 6.45) is 5.79. The van der Waals surface area contributed by atoms with Crippen LogP contribution in [-0.2, 0) is 19.4 Å². The zero-order chi connectivity index (χ0) is 22.2. The Hall–Kier alpha value is -3.21. The zero-order valence-electron chi connectivity index (χ0n) is 17.5. The SMILES string of the molecule is Cc1nn(Cc2ccccc2)c(Cl)c1/C=C(\C#N)c1nc2sc3c(c2c(=O)[nH]1)CCCC3. The van der Waals surface area contributed by atoms with Crippen LogP contribution in [0, 0.1) is 18.3 Å². The number of fused-ring (bicyclic) bond motifs is 3. The smallest absolute Gasteiger partial charge is 0.260 e. The zero-order valence-corrected chi connectivity index (χ0v) is 19.1. The van der Waals surface area contributed by atoms with Crippen LogP contribution < -0.4 is 5.56 Å². The number of halogens is 1. The van der Waals surface area contributed by atoms with E-state index in [0.29, 0.717) is 33.2 Å². The minimum Gasteiger partial charge on any atom is -0.305 e. The molecule has 8 heteroatoms. The fourth-order valence-electron chi connectivity index (χ4n) is 4.18. The minimum absolute atomic E-state index is 0.187. The molecule has 1 aliphatic carbocycles. The highest BCUT2D eigenvalue weighted by molar-refractivity contribution is 7.18. The minimum atomic E-state index is -0.187. The van der Waals surface area contributed by atoms with Crippen molar-refractivity contribution >= 4 is 44.8 Å². The number of aryl methyl sites for hydroxylation is 3. The molecule has 5 rings (SSSR count). The maximum absolute atomic E-state index is 12.9. The highest BCUT2D eigenvalue weighted by Crippen LogP contribution is 2.34. The average molecular weight is 462 g/mol. The molecule has 0 saturated heterocycles. The molecular formula is C24H20ClN5OS. The van der Waals surface area contributed by atoms with Crippen molar-refractivity contribution in [3.05, 3.63) is 78.9 Å². The quantitative estimate of drug-likeness (QED) is 0.426. The van der Waals surface area contributed by atoms with Crippen LogP contribution in [0.3, 0.4) is 0 Å². The van der Waals surface area contributed by atoms with Gasteiger partial charge in [0, 0.05) is 10.4 Å². The molecule has 160 valence electrons. The van der Waals surface area contributed by atoms with E-state index in [2.05, 4.69) is 21.1 Å². The van der Waals surface area contributed by atoms with Crippen molar-refractivity contribution in [2.24, 2.45) is 0 Å². The molecule has 3 aromatic heterocycles. The maximum Gasteiger partial charge on any atom is 0.260 e. The molecule has 3 heterocycles. The first kappa shape index (κ1) is 20.7. The van der Waals surface area contributed by atoms with Crippen LogP contribution in [-0.4, -0.2) is 19.7 Å². The molecular weight excluding hydrogens is 442 g/mol. The summed E-state index contributed by atoms with van der Waals surface area (Å²) in [5.41, 5.74) is 3.61. The second-order valence-corrected chi connectivity index (χ2v) is 9.35. The highest BCUT2D eigenvalue weighted by Gasteiger charge is 2.21. The number of nitrogens with zero attached hydrogens (tertiary/aromatic N) is 4. The van der Waals surface area contributed by atoms with Gasteiger partial charge in [-0.1, -0.05) is 41.9 Å². The number of benzene rings is 1. The van der Waals surface area contributed by atoms with Crippen molar-refractivity contribution in [3.63, 3.8) is 0 Å². The normalized spacial score (nSPS) is 13.8. The van der Waals surface area contributed by atoms with Crippen molar-refractivity contribution in [3.8, 4) is 6.07 Å². The summed E-state index contributed by atoms with van der Waals surface area (Å²) in [7, 11) is 0. The second kappa shape index (κ2) is 8.38. The van der Waals surface area contributed by atoms with E-state index in [9.17, 15) is 10.1 Å². The first-order chi connectivity index (χ1) is 15.5. The summed E-state index contributed by atoms with van der Waals surface area (Å²) < 4.78 is 1.71. The summed E-state index contributed by atoms with van der Waals surface area (Å²) in [6.45, 7) is 2.37. The Morgan fingerprint density at radius 3 is 2.88 bits per heavy atom. The predicted molar refractivity (Wildman–Crippen MR) is 128 cm³/mol. The molecule has 0 fully saturated rings. The Labute approximate surface area is 193 Å². The van der Waals surface area contributed by atoms with Crippen LogP contribution in [0.1, 0.15) is 45.9 Å². The molecule has 1 N–H and O–H groups in total. The molecule has 1 aromatic carbocycles. The van der Waals surface area contributed by atoms with Crippen molar-refractivity contribution in [2.45, 2.75) is 39.2 Å². The van der Waals surface area contributed by atoms with Gasteiger partial charge in [-0.3, -0.25) is 4.79 Å². The summed E-state index contributed by atoms with van der Waals surface area (Å²) in [5.74, 6) is 0.259. The Kier molecular flexibility index (Phi) is 5.41. The number of nitriles is 1. The first-order valence-electron chi connectivity index (χ1n) is 10.5. The average Bonchev–Trinajstić information content (AvgIpc) is 3.30. The third-order valence-corrected chi connectivity index (χ3v) is 7.36. The van der Waals surface area contributed by atoms with Gasteiger partial charge in [-0.25, -0.2) is 9.67 Å². The Balaban J connectivity index is 1.56. The number of hydrogen-bond donors (Lipinski definition) is 1. The van der Waals surface area contributed by atoms with E-state index in [1.54, 1.807) is 22.1 Å². The lowest BCUT2D eigenvalue weighted by Crippen LogP contribution is -2.12. The van der Waals surface area contributed by atoms with Gasteiger partial charge in [0.1, 0.15) is 16.1 Å². The number of hydrogen-bond acceptors (Lipinski definition) is 5. The van der Waals surface area contributed by atoms with Crippen LogP contribution >= 0.6 is 22.9 Å². The van der Waals surface area contributed by atoms with Gasteiger partial charge in [-0.15, -0.1) is 11.3 Å². The van der Waals surface area contributed by atoms with E-state index in [-0.39, 0.29) is 17.0 Å². The van der Waals surface area contributed by atoms with E-state index in [1.807, 2.05) is 37.3 Å². The Morgan fingerprint density at radius 1 is 1.31 bits per heavy atom. The lowest BCUT2D eigenvalue weighted by molar-refractivity contribution is 0.680.